The fourth-order valence-corrected chi connectivity index (χ4v) is 3.32. The molecule has 0 saturated heterocycles. The number of aryl methyl sites for hydroxylation is 2. The van der Waals surface area contributed by atoms with E-state index in [0.29, 0.717) is 6.61 Å². The van der Waals surface area contributed by atoms with E-state index in [9.17, 15) is 4.79 Å². The summed E-state index contributed by atoms with van der Waals surface area (Å²) in [6.45, 7) is 2.15. The molecule has 1 aromatic heterocycles. The smallest absolute Gasteiger partial charge is 0.411 e. The van der Waals surface area contributed by atoms with Crippen LogP contribution in [0.3, 0.4) is 0 Å². The Kier molecular flexibility index (Phi) is 2.96. The molecule has 1 N–H and O–H groups in total. The van der Waals surface area contributed by atoms with Crippen LogP contribution in [0.4, 0.5) is 10.5 Å². The van der Waals surface area contributed by atoms with Crippen LogP contribution in [0.25, 0.3) is 21.7 Å². The van der Waals surface area contributed by atoms with Crippen LogP contribution in [0.2, 0.25) is 0 Å². The van der Waals surface area contributed by atoms with Gasteiger partial charge in [-0.3, -0.25) is 10.3 Å². The summed E-state index contributed by atoms with van der Waals surface area (Å²) in [6.07, 6.45) is 3.45. The predicted molar refractivity (Wildman–Crippen MR) is 87.3 cm³/mol. The van der Waals surface area contributed by atoms with Crippen molar-refractivity contribution in [2.45, 2.75) is 19.8 Å². The molecule has 0 aliphatic heterocycles. The molecular formula is C18H16N2O2. The zero-order valence-electron chi connectivity index (χ0n) is 12.3. The van der Waals surface area contributed by atoms with Gasteiger partial charge in [0.05, 0.1) is 17.8 Å². The van der Waals surface area contributed by atoms with Crippen molar-refractivity contribution in [2.75, 3.05) is 11.9 Å². The van der Waals surface area contributed by atoms with Crippen molar-refractivity contribution in [3.8, 4) is 0 Å². The molecule has 2 aromatic carbocycles. The maximum atomic E-state index is 11.8. The molecule has 0 radical (unpaired) electrons. The lowest BCUT2D eigenvalue weighted by molar-refractivity contribution is 0.168. The molecule has 110 valence electrons. The number of hydrogen-bond donors (Lipinski definition) is 1. The number of anilines is 1. The van der Waals surface area contributed by atoms with E-state index >= 15 is 0 Å². The summed E-state index contributed by atoms with van der Waals surface area (Å²) in [6, 6.07) is 10.3. The highest BCUT2D eigenvalue weighted by Gasteiger charge is 2.20. The Morgan fingerprint density at radius 2 is 2.09 bits per heavy atom. The van der Waals surface area contributed by atoms with Crippen molar-refractivity contribution in [2.24, 2.45) is 0 Å². The second-order valence-corrected chi connectivity index (χ2v) is 5.48. The van der Waals surface area contributed by atoms with Gasteiger partial charge in [0, 0.05) is 17.0 Å². The average Bonchev–Trinajstić information content (AvgIpc) is 2.93. The molecule has 0 saturated carbocycles. The maximum Gasteiger partial charge on any atom is 0.411 e. The van der Waals surface area contributed by atoms with Crippen molar-refractivity contribution >= 4 is 33.5 Å². The van der Waals surface area contributed by atoms with Gasteiger partial charge in [0.25, 0.3) is 0 Å². The van der Waals surface area contributed by atoms with Crippen molar-refractivity contribution in [1.82, 2.24) is 4.98 Å². The first-order valence-electron chi connectivity index (χ1n) is 7.54. The molecule has 4 rings (SSSR count). The number of amides is 1. The number of benzene rings is 2. The van der Waals surface area contributed by atoms with E-state index in [2.05, 4.69) is 28.5 Å². The number of nitrogens with one attached hydrogen (secondary N) is 1. The first kappa shape index (κ1) is 13.1. The molecular weight excluding hydrogens is 276 g/mol. The zero-order valence-corrected chi connectivity index (χ0v) is 12.3. The summed E-state index contributed by atoms with van der Waals surface area (Å²) >= 11 is 0. The second kappa shape index (κ2) is 4.98. The molecule has 1 aliphatic carbocycles. The standard InChI is InChI=1S/C18H16N2O2/c1-2-22-18(21)20-14-8-7-11-5-6-12-10-13-4-3-9-19-17(13)16(14)15(11)12/h3-4,7-10H,2,5-6H2,1H3,(H,20,21). The number of carbonyl (C=O) groups is 1. The lowest BCUT2D eigenvalue weighted by Crippen LogP contribution is -2.13. The van der Waals surface area contributed by atoms with Crippen LogP contribution in [0, 0.1) is 0 Å². The van der Waals surface area contributed by atoms with Crippen LogP contribution < -0.4 is 5.32 Å². The molecule has 0 fully saturated rings. The monoisotopic (exact) mass is 292 g/mol. The van der Waals surface area contributed by atoms with E-state index in [1.54, 1.807) is 13.1 Å². The van der Waals surface area contributed by atoms with E-state index in [1.165, 1.54) is 16.5 Å². The zero-order chi connectivity index (χ0) is 15.1. The van der Waals surface area contributed by atoms with Gasteiger partial charge in [-0.25, -0.2) is 4.79 Å². The molecule has 1 amide bonds. The topological polar surface area (TPSA) is 51.2 Å². The SMILES string of the molecule is CCOC(=O)Nc1ccc2c3c(cc4cccnc4c13)CC2. The summed E-state index contributed by atoms with van der Waals surface area (Å²) in [5.41, 5.74) is 4.35. The lowest BCUT2D eigenvalue weighted by Gasteiger charge is -2.12. The number of hydrogen-bond acceptors (Lipinski definition) is 3. The highest BCUT2D eigenvalue weighted by atomic mass is 16.5. The molecule has 4 nitrogen and oxygen atoms in total. The Labute approximate surface area is 128 Å². The molecule has 0 spiro atoms. The van der Waals surface area contributed by atoms with Crippen LogP contribution in [0.15, 0.2) is 36.5 Å². The summed E-state index contributed by atoms with van der Waals surface area (Å²) in [5, 5.41) is 6.23. The van der Waals surface area contributed by atoms with Crippen LogP contribution in [-0.2, 0) is 17.6 Å². The van der Waals surface area contributed by atoms with Crippen LogP contribution >= 0.6 is 0 Å². The minimum Gasteiger partial charge on any atom is -0.450 e. The number of fused-ring (bicyclic) bond motifs is 2. The van der Waals surface area contributed by atoms with Gasteiger partial charge >= 0.3 is 6.09 Å². The molecule has 3 aromatic rings. The Hall–Kier alpha value is -2.62. The Morgan fingerprint density at radius 1 is 1.23 bits per heavy atom. The number of rotatable bonds is 2. The van der Waals surface area contributed by atoms with Crippen LogP contribution in [0.5, 0.6) is 0 Å². The highest BCUT2D eigenvalue weighted by Crippen LogP contribution is 2.39. The largest absolute Gasteiger partial charge is 0.450 e. The molecule has 0 atom stereocenters. The summed E-state index contributed by atoms with van der Waals surface area (Å²) in [7, 11) is 0. The minimum atomic E-state index is -0.426. The number of pyridine rings is 1. The number of carbonyl (C=O) groups excluding carboxylic acids is 1. The number of ether oxygens (including phenoxy) is 1. The van der Waals surface area contributed by atoms with E-state index in [-0.39, 0.29) is 0 Å². The van der Waals surface area contributed by atoms with Gasteiger partial charge in [0.2, 0.25) is 0 Å². The Bertz CT molecular complexity index is 902. The Balaban J connectivity index is 2.02. The summed E-state index contributed by atoms with van der Waals surface area (Å²) < 4.78 is 5.01. The fourth-order valence-electron chi connectivity index (χ4n) is 3.32. The second-order valence-electron chi connectivity index (χ2n) is 5.48. The number of aromatic nitrogens is 1. The van der Waals surface area contributed by atoms with E-state index in [0.717, 1.165) is 34.8 Å². The van der Waals surface area contributed by atoms with Crippen molar-refractivity contribution < 1.29 is 9.53 Å². The van der Waals surface area contributed by atoms with Crippen molar-refractivity contribution in [3.05, 3.63) is 47.7 Å². The van der Waals surface area contributed by atoms with Crippen molar-refractivity contribution in [1.29, 1.82) is 0 Å². The Morgan fingerprint density at radius 3 is 2.95 bits per heavy atom. The normalized spacial score (nSPS) is 12.8. The molecule has 22 heavy (non-hydrogen) atoms. The van der Waals surface area contributed by atoms with Gasteiger partial charge in [-0.15, -0.1) is 0 Å². The lowest BCUT2D eigenvalue weighted by atomic mass is 9.99. The maximum absolute atomic E-state index is 11.8. The third kappa shape index (κ3) is 1.91. The van der Waals surface area contributed by atoms with E-state index < -0.39 is 6.09 Å². The van der Waals surface area contributed by atoms with Crippen molar-refractivity contribution in [3.63, 3.8) is 0 Å². The van der Waals surface area contributed by atoms with E-state index in [4.69, 9.17) is 4.74 Å². The van der Waals surface area contributed by atoms with Gasteiger partial charge in [-0.2, -0.15) is 0 Å². The van der Waals surface area contributed by atoms with Gasteiger partial charge in [0.1, 0.15) is 0 Å². The average molecular weight is 292 g/mol. The number of nitrogens with zero attached hydrogens (tertiary/aromatic N) is 1. The van der Waals surface area contributed by atoms with Gasteiger partial charge in [-0.05, 0) is 54.5 Å². The summed E-state index contributed by atoms with van der Waals surface area (Å²) in [4.78, 5) is 16.4. The van der Waals surface area contributed by atoms with Crippen LogP contribution in [0.1, 0.15) is 18.1 Å². The molecule has 4 heteroatoms. The minimum absolute atomic E-state index is 0.353. The van der Waals surface area contributed by atoms with E-state index in [1.807, 2.05) is 12.1 Å². The molecule has 0 unspecified atom stereocenters. The molecule has 1 aliphatic rings. The predicted octanol–water partition coefficient (Wildman–Crippen LogP) is 4.06. The first-order chi connectivity index (χ1) is 10.8. The quantitative estimate of drug-likeness (QED) is 0.725. The third-order valence-corrected chi connectivity index (χ3v) is 4.19. The van der Waals surface area contributed by atoms with Gasteiger partial charge in [-0.1, -0.05) is 12.1 Å². The van der Waals surface area contributed by atoms with Crippen LogP contribution in [-0.4, -0.2) is 17.7 Å². The molecule has 0 bridgehead atoms. The molecule has 1 heterocycles. The summed E-state index contributed by atoms with van der Waals surface area (Å²) in [5.74, 6) is 0. The fraction of sp³-hybridized carbons (Fsp3) is 0.222. The first-order valence-corrected chi connectivity index (χ1v) is 7.54. The van der Waals surface area contributed by atoms with Gasteiger partial charge < -0.3 is 4.74 Å². The third-order valence-electron chi connectivity index (χ3n) is 4.19. The highest BCUT2D eigenvalue weighted by molar-refractivity contribution is 6.16. The van der Waals surface area contributed by atoms with Gasteiger partial charge in [0.15, 0.2) is 0 Å².